The van der Waals surface area contributed by atoms with Crippen LogP contribution >= 0.6 is 0 Å². The van der Waals surface area contributed by atoms with Gasteiger partial charge >= 0.3 is 6.03 Å². The summed E-state index contributed by atoms with van der Waals surface area (Å²) < 4.78 is 0. The van der Waals surface area contributed by atoms with E-state index in [9.17, 15) is 14.4 Å². The highest BCUT2D eigenvalue weighted by molar-refractivity contribution is 5.94. The third kappa shape index (κ3) is 1.38. The molecule has 0 aromatic carbocycles. The maximum absolute atomic E-state index is 9.85. The van der Waals surface area contributed by atoms with Crippen LogP contribution in [0.5, 0.6) is 0 Å². The number of carbonyl (C=O) groups is 3. The molecule has 0 aromatic rings. The van der Waals surface area contributed by atoms with Crippen LogP contribution in [0, 0.1) is 0 Å². The highest BCUT2D eigenvalue weighted by Gasteiger charge is 2.02. The fraction of sp³-hybridized carbons (Fsp3) is 0. The summed E-state index contributed by atoms with van der Waals surface area (Å²) in [6.07, 6.45) is 0.0741. The summed E-state index contributed by atoms with van der Waals surface area (Å²) >= 11 is 0. The molecule has 4 amide bonds. The topological polar surface area (TPSA) is 80.5 Å². The number of urea groups is 1. The summed E-state index contributed by atoms with van der Waals surface area (Å²) in [6, 6.07) is -1.07. The minimum absolute atomic E-state index is 0.0370. The molecule has 44 valence electrons. The Bertz CT molecular complexity index is 114. The molecular weight excluding hydrogens is 112 g/mol. The summed E-state index contributed by atoms with van der Waals surface area (Å²) in [5.41, 5.74) is 4.48. The summed E-state index contributed by atoms with van der Waals surface area (Å²) in [4.78, 5) is 29.2. The Morgan fingerprint density at radius 3 is 1.75 bits per heavy atom. The molecule has 8 heavy (non-hydrogen) atoms. The molecule has 0 rings (SSSR count). The van der Waals surface area contributed by atoms with Crippen LogP contribution in [0.3, 0.4) is 0 Å². The molecule has 0 atom stereocenters. The van der Waals surface area contributed by atoms with Gasteiger partial charge in [-0.3, -0.25) is 9.59 Å². The van der Waals surface area contributed by atoms with Gasteiger partial charge in [0.05, 0.1) is 0 Å². The van der Waals surface area contributed by atoms with Crippen LogP contribution in [0.25, 0.3) is 0 Å². The summed E-state index contributed by atoms with van der Waals surface area (Å²) in [5, 5.41) is 0. The van der Waals surface area contributed by atoms with Crippen LogP contribution in [0.1, 0.15) is 0 Å². The molecule has 0 aliphatic rings. The fourth-order valence-corrected chi connectivity index (χ4v) is 0.129. The second kappa shape index (κ2) is 2.73. The molecule has 0 saturated carbocycles. The fourth-order valence-electron chi connectivity index (χ4n) is 0.129. The maximum atomic E-state index is 9.85. The van der Waals surface area contributed by atoms with Gasteiger partial charge in [0.25, 0.3) is 0 Å². The molecule has 0 saturated heterocycles. The van der Waals surface area contributed by atoms with Crippen molar-refractivity contribution in [2.75, 3.05) is 0 Å². The van der Waals surface area contributed by atoms with E-state index in [0.717, 1.165) is 0 Å². The van der Waals surface area contributed by atoms with Crippen molar-refractivity contribution < 1.29 is 14.4 Å². The van der Waals surface area contributed by atoms with Crippen molar-refractivity contribution in [3.8, 4) is 0 Å². The Hall–Kier alpha value is -1.39. The van der Waals surface area contributed by atoms with E-state index in [1.54, 1.807) is 0 Å². The molecule has 0 aliphatic carbocycles. The zero-order valence-corrected chi connectivity index (χ0v) is 3.90. The van der Waals surface area contributed by atoms with Crippen molar-refractivity contribution in [1.29, 1.82) is 0 Å². The lowest BCUT2D eigenvalue weighted by Gasteiger charge is -1.97. The highest BCUT2D eigenvalue weighted by Crippen LogP contribution is 1.70. The normalized spacial score (nSPS) is 7.50. The number of primary amides is 1. The van der Waals surface area contributed by atoms with Gasteiger partial charge < -0.3 is 5.73 Å². The van der Waals surface area contributed by atoms with Gasteiger partial charge in [-0.1, -0.05) is 0 Å². The molecule has 0 spiro atoms. The van der Waals surface area contributed by atoms with E-state index in [4.69, 9.17) is 0 Å². The Morgan fingerprint density at radius 1 is 1.38 bits per heavy atom. The number of nitrogens with two attached hydrogens (primary N) is 1. The van der Waals surface area contributed by atoms with E-state index >= 15 is 0 Å². The Labute approximate surface area is 45.1 Å². The Kier molecular flexibility index (Phi) is 2.25. The predicted molar refractivity (Wildman–Crippen MR) is 23.6 cm³/mol. The number of hydrogen-bond acceptors (Lipinski definition) is 3. The predicted octanol–water partition coefficient (Wildman–Crippen LogP) is -1.32. The molecule has 0 bridgehead atoms. The second-order valence-corrected chi connectivity index (χ2v) is 0.956. The molecule has 0 heterocycles. The number of carbonyl (C=O) groups excluding carboxylic acids is 3. The minimum atomic E-state index is -1.07. The lowest BCUT2D eigenvalue weighted by Crippen LogP contribution is -2.32. The molecule has 5 nitrogen and oxygen atoms in total. The molecule has 0 aromatic heterocycles. The van der Waals surface area contributed by atoms with Crippen LogP contribution in [0.15, 0.2) is 0 Å². The van der Waals surface area contributed by atoms with Gasteiger partial charge in [-0.05, 0) is 0 Å². The Balaban J connectivity index is 3.88. The van der Waals surface area contributed by atoms with Crippen LogP contribution in [-0.2, 0) is 9.59 Å². The first-order valence-electron chi connectivity index (χ1n) is 1.70. The number of nitrogens with zero attached hydrogens (tertiary/aromatic N) is 1. The average Bonchev–Trinajstić information content (AvgIpc) is 1.69. The van der Waals surface area contributed by atoms with Crippen LogP contribution in [0.4, 0.5) is 4.79 Å². The van der Waals surface area contributed by atoms with Crippen molar-refractivity contribution in [2.45, 2.75) is 0 Å². The van der Waals surface area contributed by atoms with E-state index in [1.165, 1.54) is 0 Å². The SMILES string of the molecule is NC(=O)N(C=O)C=O. The lowest BCUT2D eigenvalue weighted by atomic mass is 10.8. The zero-order chi connectivity index (χ0) is 6.57. The smallest absolute Gasteiger partial charge is 0.327 e. The van der Waals surface area contributed by atoms with E-state index in [2.05, 4.69) is 5.73 Å². The quantitative estimate of drug-likeness (QED) is 0.454. The van der Waals surface area contributed by atoms with Gasteiger partial charge in [0.2, 0.25) is 12.8 Å². The highest BCUT2D eigenvalue weighted by atomic mass is 16.2. The van der Waals surface area contributed by atoms with Crippen LogP contribution in [-0.4, -0.2) is 23.8 Å². The largest absolute Gasteiger partial charge is 0.351 e. The first kappa shape index (κ1) is 6.61. The van der Waals surface area contributed by atoms with Crippen molar-refractivity contribution in [1.82, 2.24) is 4.90 Å². The maximum Gasteiger partial charge on any atom is 0.327 e. The van der Waals surface area contributed by atoms with Crippen molar-refractivity contribution in [3.63, 3.8) is 0 Å². The molecule has 5 heteroatoms. The number of rotatable bonds is 2. The molecule has 2 N–H and O–H groups in total. The van der Waals surface area contributed by atoms with E-state index < -0.39 is 6.03 Å². The van der Waals surface area contributed by atoms with E-state index in [1.807, 2.05) is 0 Å². The third-order valence-electron chi connectivity index (χ3n) is 0.482. The minimum Gasteiger partial charge on any atom is -0.351 e. The van der Waals surface area contributed by atoms with Gasteiger partial charge in [0.1, 0.15) is 0 Å². The average molecular weight is 116 g/mol. The van der Waals surface area contributed by atoms with Gasteiger partial charge in [-0.15, -0.1) is 0 Å². The van der Waals surface area contributed by atoms with E-state index in [-0.39, 0.29) is 17.7 Å². The monoisotopic (exact) mass is 116 g/mol. The van der Waals surface area contributed by atoms with Crippen molar-refractivity contribution in [2.24, 2.45) is 5.73 Å². The summed E-state index contributed by atoms with van der Waals surface area (Å²) in [6.45, 7) is 0. The number of amides is 4. The second-order valence-electron chi connectivity index (χ2n) is 0.956. The molecule has 0 radical (unpaired) electrons. The first-order valence-corrected chi connectivity index (χ1v) is 1.70. The van der Waals surface area contributed by atoms with Crippen LogP contribution in [0.2, 0.25) is 0 Å². The molecule has 0 aliphatic heterocycles. The van der Waals surface area contributed by atoms with E-state index in [0.29, 0.717) is 0 Å². The first-order chi connectivity index (χ1) is 3.72. The van der Waals surface area contributed by atoms with Crippen molar-refractivity contribution in [3.05, 3.63) is 0 Å². The summed E-state index contributed by atoms with van der Waals surface area (Å²) in [7, 11) is 0. The van der Waals surface area contributed by atoms with Gasteiger partial charge in [-0.2, -0.15) is 0 Å². The summed E-state index contributed by atoms with van der Waals surface area (Å²) in [5.74, 6) is 0. The van der Waals surface area contributed by atoms with Crippen molar-refractivity contribution >= 4 is 18.9 Å². The molecule has 0 fully saturated rings. The van der Waals surface area contributed by atoms with Gasteiger partial charge in [0, 0.05) is 0 Å². The molecular formula is C3H4N2O3. The van der Waals surface area contributed by atoms with Crippen LogP contribution < -0.4 is 5.73 Å². The zero-order valence-electron chi connectivity index (χ0n) is 3.90. The standard InChI is InChI=1S/C3H4N2O3/c4-3(8)5(1-6)2-7/h1-2H,(H2,4,8). The van der Waals surface area contributed by atoms with Gasteiger partial charge in [-0.25, -0.2) is 9.69 Å². The Morgan fingerprint density at radius 2 is 1.75 bits per heavy atom. The third-order valence-corrected chi connectivity index (χ3v) is 0.482. The lowest BCUT2D eigenvalue weighted by molar-refractivity contribution is -0.125. The van der Waals surface area contributed by atoms with Gasteiger partial charge in [0.15, 0.2) is 0 Å². The number of imide groups is 3. The number of hydrogen-bond donors (Lipinski definition) is 1. The molecule has 0 unspecified atom stereocenters.